The molecular weight excluding hydrogens is 226 g/mol. The average molecular weight is 249 g/mol. The first-order valence-corrected chi connectivity index (χ1v) is 6.83. The quantitative estimate of drug-likeness (QED) is 0.885. The molecule has 0 bridgehead atoms. The van der Waals surface area contributed by atoms with E-state index in [2.05, 4.69) is 30.7 Å². The fourth-order valence-electron chi connectivity index (χ4n) is 2.50. The summed E-state index contributed by atoms with van der Waals surface area (Å²) in [6.07, 6.45) is 3.04. The van der Waals surface area contributed by atoms with Crippen LogP contribution in [0.4, 0.5) is 0 Å². The van der Waals surface area contributed by atoms with Crippen molar-refractivity contribution in [3.05, 3.63) is 24.0 Å². The molecule has 1 saturated heterocycles. The van der Waals surface area contributed by atoms with Crippen LogP contribution in [0, 0.1) is 0 Å². The van der Waals surface area contributed by atoms with Crippen LogP contribution in [0.1, 0.15) is 37.7 Å². The van der Waals surface area contributed by atoms with Crippen molar-refractivity contribution in [1.82, 2.24) is 14.8 Å². The number of amides is 1. The van der Waals surface area contributed by atoms with Gasteiger partial charge in [-0.15, -0.1) is 0 Å². The highest BCUT2D eigenvalue weighted by Gasteiger charge is 2.28. The summed E-state index contributed by atoms with van der Waals surface area (Å²) in [5.41, 5.74) is 0.817. The summed E-state index contributed by atoms with van der Waals surface area (Å²) in [6, 6.07) is 4.52. The molecule has 1 fully saturated rings. The highest BCUT2D eigenvalue weighted by molar-refractivity contribution is 5.93. The maximum atomic E-state index is 12.6. The molecule has 0 saturated carbocycles. The van der Waals surface area contributed by atoms with E-state index in [4.69, 9.17) is 0 Å². The Kier molecular flexibility index (Phi) is 4.07. The van der Waals surface area contributed by atoms with Gasteiger partial charge in [-0.05, 0) is 32.4 Å². The normalized spacial score (nSPS) is 24.3. The van der Waals surface area contributed by atoms with Crippen LogP contribution in [0.2, 0.25) is 0 Å². The van der Waals surface area contributed by atoms with Crippen molar-refractivity contribution in [3.8, 4) is 0 Å². The average Bonchev–Trinajstić information content (AvgIpc) is 2.80. The standard InChI is InChI=1S/C14H23N3O/c1-4-7-16-8-5-6-13(16)14(18)17-10-11(2)15-9-12(17)3/h5-6,8,11-12,15H,4,7,9-10H2,1-3H3. The molecule has 1 amide bonds. The first-order valence-electron chi connectivity index (χ1n) is 6.83. The molecule has 0 radical (unpaired) electrons. The predicted molar refractivity (Wildman–Crippen MR) is 72.7 cm³/mol. The maximum Gasteiger partial charge on any atom is 0.270 e. The molecule has 100 valence electrons. The Hall–Kier alpha value is -1.29. The Balaban J connectivity index is 2.16. The number of carbonyl (C=O) groups is 1. The monoisotopic (exact) mass is 249 g/mol. The lowest BCUT2D eigenvalue weighted by Gasteiger charge is -2.37. The van der Waals surface area contributed by atoms with Gasteiger partial charge in [-0.2, -0.15) is 0 Å². The smallest absolute Gasteiger partial charge is 0.270 e. The van der Waals surface area contributed by atoms with Crippen molar-refractivity contribution in [2.24, 2.45) is 0 Å². The number of nitrogens with zero attached hydrogens (tertiary/aromatic N) is 2. The molecule has 1 N–H and O–H groups in total. The minimum Gasteiger partial charge on any atom is -0.344 e. The summed E-state index contributed by atoms with van der Waals surface area (Å²) in [5.74, 6) is 0.161. The van der Waals surface area contributed by atoms with Gasteiger partial charge < -0.3 is 14.8 Å². The van der Waals surface area contributed by atoms with Gasteiger partial charge in [0.1, 0.15) is 5.69 Å². The number of piperazine rings is 1. The Morgan fingerprint density at radius 2 is 2.28 bits per heavy atom. The van der Waals surface area contributed by atoms with Gasteiger partial charge in [-0.1, -0.05) is 6.92 Å². The van der Waals surface area contributed by atoms with Gasteiger partial charge in [-0.3, -0.25) is 4.79 Å². The van der Waals surface area contributed by atoms with Crippen LogP contribution in [0.5, 0.6) is 0 Å². The molecule has 1 aliphatic rings. The van der Waals surface area contributed by atoms with E-state index in [1.54, 1.807) is 0 Å². The van der Waals surface area contributed by atoms with Gasteiger partial charge in [0.15, 0.2) is 0 Å². The molecule has 2 atom stereocenters. The number of hydrogen-bond donors (Lipinski definition) is 1. The third kappa shape index (κ3) is 2.58. The van der Waals surface area contributed by atoms with E-state index in [1.807, 2.05) is 23.2 Å². The van der Waals surface area contributed by atoms with E-state index in [-0.39, 0.29) is 11.9 Å². The van der Waals surface area contributed by atoms with Crippen molar-refractivity contribution in [1.29, 1.82) is 0 Å². The summed E-state index contributed by atoms with van der Waals surface area (Å²) >= 11 is 0. The zero-order valence-corrected chi connectivity index (χ0v) is 11.5. The largest absolute Gasteiger partial charge is 0.344 e. The fourth-order valence-corrected chi connectivity index (χ4v) is 2.50. The number of nitrogens with one attached hydrogen (secondary N) is 1. The molecule has 0 aliphatic carbocycles. The van der Waals surface area contributed by atoms with E-state index < -0.39 is 0 Å². The molecular formula is C14H23N3O. The summed E-state index contributed by atoms with van der Waals surface area (Å²) in [5, 5.41) is 3.40. The van der Waals surface area contributed by atoms with Crippen molar-refractivity contribution in [2.75, 3.05) is 13.1 Å². The summed E-state index contributed by atoms with van der Waals surface area (Å²) in [7, 11) is 0. The van der Waals surface area contributed by atoms with Gasteiger partial charge in [0.2, 0.25) is 0 Å². The molecule has 18 heavy (non-hydrogen) atoms. The second-order valence-corrected chi connectivity index (χ2v) is 5.20. The third-order valence-corrected chi connectivity index (χ3v) is 3.54. The van der Waals surface area contributed by atoms with Gasteiger partial charge in [0.25, 0.3) is 5.91 Å². The third-order valence-electron chi connectivity index (χ3n) is 3.54. The second-order valence-electron chi connectivity index (χ2n) is 5.20. The van der Waals surface area contributed by atoms with E-state index in [0.717, 1.165) is 31.7 Å². The highest BCUT2D eigenvalue weighted by atomic mass is 16.2. The van der Waals surface area contributed by atoms with Crippen molar-refractivity contribution < 1.29 is 4.79 Å². The minimum atomic E-state index is 0.161. The summed E-state index contributed by atoms with van der Waals surface area (Å²) in [4.78, 5) is 14.6. The van der Waals surface area contributed by atoms with Gasteiger partial charge in [-0.25, -0.2) is 0 Å². The predicted octanol–water partition coefficient (Wildman–Crippen LogP) is 1.72. The summed E-state index contributed by atoms with van der Waals surface area (Å²) < 4.78 is 2.06. The number of hydrogen-bond acceptors (Lipinski definition) is 2. The van der Waals surface area contributed by atoms with E-state index in [9.17, 15) is 4.79 Å². The first-order chi connectivity index (χ1) is 8.63. The van der Waals surface area contributed by atoms with Crippen LogP contribution < -0.4 is 5.32 Å². The van der Waals surface area contributed by atoms with Crippen LogP contribution >= 0.6 is 0 Å². The molecule has 0 spiro atoms. The van der Waals surface area contributed by atoms with Gasteiger partial charge in [0, 0.05) is 37.9 Å². The fraction of sp³-hybridized carbons (Fsp3) is 0.643. The molecule has 4 nitrogen and oxygen atoms in total. The lowest BCUT2D eigenvalue weighted by atomic mass is 10.1. The van der Waals surface area contributed by atoms with Crippen molar-refractivity contribution >= 4 is 5.91 Å². The molecule has 4 heteroatoms. The molecule has 1 aromatic heterocycles. The molecule has 1 aromatic rings. The Bertz CT molecular complexity index is 413. The first kappa shape index (κ1) is 13.1. The van der Waals surface area contributed by atoms with Crippen LogP contribution in [-0.2, 0) is 6.54 Å². The van der Waals surface area contributed by atoms with E-state index >= 15 is 0 Å². The number of carbonyl (C=O) groups excluding carboxylic acids is 1. The van der Waals surface area contributed by atoms with E-state index in [1.165, 1.54) is 0 Å². The van der Waals surface area contributed by atoms with Crippen molar-refractivity contribution in [2.45, 2.75) is 45.8 Å². The van der Waals surface area contributed by atoms with Gasteiger partial charge in [0.05, 0.1) is 0 Å². The van der Waals surface area contributed by atoms with Crippen LogP contribution in [-0.4, -0.2) is 40.5 Å². The van der Waals surface area contributed by atoms with E-state index in [0.29, 0.717) is 6.04 Å². The highest BCUT2D eigenvalue weighted by Crippen LogP contribution is 2.13. The van der Waals surface area contributed by atoms with Crippen LogP contribution in [0.15, 0.2) is 18.3 Å². The Morgan fingerprint density at radius 1 is 1.50 bits per heavy atom. The Morgan fingerprint density at radius 3 is 3.00 bits per heavy atom. The molecule has 1 aliphatic heterocycles. The SMILES string of the molecule is CCCn1cccc1C(=O)N1CC(C)NCC1C. The van der Waals surface area contributed by atoms with Crippen LogP contribution in [0.3, 0.4) is 0 Å². The summed E-state index contributed by atoms with van der Waals surface area (Å²) in [6.45, 7) is 8.92. The molecule has 2 rings (SSSR count). The molecule has 2 heterocycles. The van der Waals surface area contributed by atoms with Crippen molar-refractivity contribution in [3.63, 3.8) is 0 Å². The van der Waals surface area contributed by atoms with Gasteiger partial charge >= 0.3 is 0 Å². The lowest BCUT2D eigenvalue weighted by molar-refractivity contribution is 0.0605. The number of aryl methyl sites for hydroxylation is 1. The minimum absolute atomic E-state index is 0.161. The Labute approximate surface area is 109 Å². The molecule has 0 aromatic carbocycles. The lowest BCUT2D eigenvalue weighted by Crippen LogP contribution is -2.56. The topological polar surface area (TPSA) is 37.3 Å². The van der Waals surface area contributed by atoms with Crippen LogP contribution in [0.25, 0.3) is 0 Å². The number of aromatic nitrogens is 1. The zero-order chi connectivity index (χ0) is 13.1. The zero-order valence-electron chi connectivity index (χ0n) is 11.5. The molecule has 2 unspecified atom stereocenters. The number of rotatable bonds is 3. The maximum absolute atomic E-state index is 12.6. The second kappa shape index (κ2) is 5.57.